The van der Waals surface area contributed by atoms with Crippen LogP contribution in [-0.2, 0) is 11.3 Å². The molecule has 0 aromatic heterocycles. The Morgan fingerprint density at radius 3 is 2.85 bits per heavy atom. The second kappa shape index (κ2) is 5.49. The number of nitro benzene ring substituents is 1. The first-order valence-electron chi connectivity index (χ1n) is 6.26. The van der Waals surface area contributed by atoms with Crippen LogP contribution in [0.2, 0.25) is 0 Å². The standard InChI is InChI=1S/C13H15BrN2O4/c1-13(12(17)18)5-2-6-15(13)8-9-3-4-10(16(19)20)7-11(9)14/h3-4,7H,2,5-6,8H2,1H3,(H,17,18). The summed E-state index contributed by atoms with van der Waals surface area (Å²) in [5.74, 6) is -0.826. The topological polar surface area (TPSA) is 83.7 Å². The van der Waals surface area contributed by atoms with Crippen LogP contribution in [0, 0.1) is 10.1 Å². The summed E-state index contributed by atoms with van der Waals surface area (Å²) in [6.07, 6.45) is 1.46. The fraction of sp³-hybridized carbons (Fsp3) is 0.462. The summed E-state index contributed by atoms with van der Waals surface area (Å²) in [7, 11) is 0. The highest BCUT2D eigenvalue weighted by molar-refractivity contribution is 9.10. The number of aliphatic carboxylic acids is 1. The van der Waals surface area contributed by atoms with E-state index in [1.807, 2.05) is 4.90 Å². The average molecular weight is 343 g/mol. The van der Waals surface area contributed by atoms with Crippen LogP contribution in [0.1, 0.15) is 25.3 Å². The van der Waals surface area contributed by atoms with Crippen molar-refractivity contribution < 1.29 is 14.8 Å². The van der Waals surface area contributed by atoms with Gasteiger partial charge in [-0.15, -0.1) is 0 Å². The predicted molar refractivity (Wildman–Crippen MR) is 76.5 cm³/mol. The van der Waals surface area contributed by atoms with Gasteiger partial charge in [-0.1, -0.05) is 15.9 Å². The van der Waals surface area contributed by atoms with Gasteiger partial charge in [0.15, 0.2) is 0 Å². The number of likely N-dealkylation sites (tertiary alicyclic amines) is 1. The van der Waals surface area contributed by atoms with E-state index >= 15 is 0 Å². The van der Waals surface area contributed by atoms with E-state index in [0.717, 1.165) is 12.0 Å². The molecular weight excluding hydrogens is 328 g/mol. The van der Waals surface area contributed by atoms with Crippen molar-refractivity contribution in [2.24, 2.45) is 0 Å². The third-order valence-electron chi connectivity index (χ3n) is 3.86. The van der Waals surface area contributed by atoms with E-state index in [1.54, 1.807) is 13.0 Å². The van der Waals surface area contributed by atoms with Gasteiger partial charge in [0, 0.05) is 23.2 Å². The molecule has 1 fully saturated rings. The van der Waals surface area contributed by atoms with E-state index in [4.69, 9.17) is 0 Å². The summed E-state index contributed by atoms with van der Waals surface area (Å²) >= 11 is 3.32. The van der Waals surface area contributed by atoms with Crippen molar-refractivity contribution in [3.63, 3.8) is 0 Å². The molecule has 1 atom stereocenters. The van der Waals surface area contributed by atoms with Crippen LogP contribution in [0.3, 0.4) is 0 Å². The zero-order valence-corrected chi connectivity index (χ0v) is 12.6. The fourth-order valence-corrected chi connectivity index (χ4v) is 2.99. The van der Waals surface area contributed by atoms with Gasteiger partial charge in [-0.3, -0.25) is 19.8 Å². The Bertz CT molecular complexity index is 563. The molecule has 1 heterocycles. The van der Waals surface area contributed by atoms with Crippen molar-refractivity contribution in [3.05, 3.63) is 38.3 Å². The zero-order valence-electron chi connectivity index (χ0n) is 11.0. The second-order valence-corrected chi connectivity index (χ2v) is 5.99. The molecule has 1 N–H and O–H groups in total. The molecule has 6 nitrogen and oxygen atoms in total. The smallest absolute Gasteiger partial charge is 0.323 e. The Labute approximate surface area is 124 Å². The predicted octanol–water partition coefficient (Wildman–Crippen LogP) is 2.80. The van der Waals surface area contributed by atoms with Crippen molar-refractivity contribution in [1.29, 1.82) is 0 Å². The number of rotatable bonds is 4. The van der Waals surface area contributed by atoms with Gasteiger partial charge in [-0.25, -0.2) is 0 Å². The molecule has 0 amide bonds. The molecule has 1 aromatic carbocycles. The summed E-state index contributed by atoms with van der Waals surface area (Å²) in [6.45, 7) is 2.90. The molecule has 0 radical (unpaired) electrons. The van der Waals surface area contributed by atoms with Crippen molar-refractivity contribution in [2.45, 2.75) is 31.8 Å². The van der Waals surface area contributed by atoms with Crippen LogP contribution < -0.4 is 0 Å². The van der Waals surface area contributed by atoms with E-state index < -0.39 is 16.4 Å². The van der Waals surface area contributed by atoms with Crippen LogP contribution in [0.4, 0.5) is 5.69 Å². The van der Waals surface area contributed by atoms with E-state index in [2.05, 4.69) is 15.9 Å². The van der Waals surface area contributed by atoms with Gasteiger partial charge in [0.1, 0.15) is 5.54 Å². The van der Waals surface area contributed by atoms with Crippen LogP contribution in [0.15, 0.2) is 22.7 Å². The monoisotopic (exact) mass is 342 g/mol. The van der Waals surface area contributed by atoms with Crippen molar-refractivity contribution >= 4 is 27.6 Å². The van der Waals surface area contributed by atoms with Crippen LogP contribution >= 0.6 is 15.9 Å². The van der Waals surface area contributed by atoms with Gasteiger partial charge < -0.3 is 5.11 Å². The lowest BCUT2D eigenvalue weighted by molar-refractivity contribution is -0.384. The quantitative estimate of drug-likeness (QED) is 0.671. The first-order chi connectivity index (χ1) is 9.34. The van der Waals surface area contributed by atoms with Crippen LogP contribution in [0.5, 0.6) is 0 Å². The fourth-order valence-electron chi connectivity index (χ4n) is 2.50. The molecule has 7 heteroatoms. The summed E-state index contributed by atoms with van der Waals surface area (Å²) in [5.41, 5.74) is 0.00863. The van der Waals surface area contributed by atoms with Gasteiger partial charge in [0.05, 0.1) is 4.92 Å². The lowest BCUT2D eigenvalue weighted by atomic mass is 9.99. The summed E-state index contributed by atoms with van der Waals surface area (Å²) in [6, 6.07) is 4.56. The van der Waals surface area contributed by atoms with Crippen LogP contribution in [0.25, 0.3) is 0 Å². The molecule has 20 heavy (non-hydrogen) atoms. The first-order valence-corrected chi connectivity index (χ1v) is 7.05. The van der Waals surface area contributed by atoms with Crippen LogP contribution in [-0.4, -0.2) is 33.0 Å². The number of carbonyl (C=O) groups is 1. The Hall–Kier alpha value is -1.47. The minimum atomic E-state index is -0.860. The summed E-state index contributed by atoms with van der Waals surface area (Å²) in [5, 5.41) is 20.1. The molecule has 108 valence electrons. The molecule has 1 aliphatic heterocycles. The van der Waals surface area contributed by atoms with Gasteiger partial charge >= 0.3 is 5.97 Å². The minimum Gasteiger partial charge on any atom is -0.480 e. The number of non-ortho nitro benzene ring substituents is 1. The molecule has 1 aliphatic rings. The maximum absolute atomic E-state index is 11.4. The molecule has 1 saturated heterocycles. The molecule has 0 aliphatic carbocycles. The molecule has 2 rings (SSSR count). The normalized spacial score (nSPS) is 22.9. The van der Waals surface area contributed by atoms with Gasteiger partial charge in [-0.2, -0.15) is 0 Å². The number of carboxylic acids is 1. The molecule has 0 bridgehead atoms. The zero-order chi connectivity index (χ0) is 14.9. The Balaban J connectivity index is 2.22. The number of nitro groups is 1. The lowest BCUT2D eigenvalue weighted by Gasteiger charge is -2.31. The van der Waals surface area contributed by atoms with Gasteiger partial charge in [0.25, 0.3) is 5.69 Å². The molecule has 0 spiro atoms. The SMILES string of the molecule is CC1(C(=O)O)CCCN1Cc1ccc([N+](=O)[O-])cc1Br. The van der Waals surface area contributed by atoms with E-state index in [0.29, 0.717) is 24.0 Å². The Morgan fingerprint density at radius 2 is 2.30 bits per heavy atom. The summed E-state index contributed by atoms with van der Waals surface area (Å²) < 4.78 is 0.631. The third-order valence-corrected chi connectivity index (χ3v) is 4.60. The highest BCUT2D eigenvalue weighted by Gasteiger charge is 2.43. The van der Waals surface area contributed by atoms with Crippen molar-refractivity contribution in [2.75, 3.05) is 6.54 Å². The number of carboxylic acid groups (broad SMARTS) is 1. The Morgan fingerprint density at radius 1 is 1.60 bits per heavy atom. The largest absolute Gasteiger partial charge is 0.480 e. The minimum absolute atomic E-state index is 0.0167. The molecule has 1 aromatic rings. The van der Waals surface area contributed by atoms with Crippen molar-refractivity contribution in [3.8, 4) is 0 Å². The van der Waals surface area contributed by atoms with Gasteiger partial charge in [0.2, 0.25) is 0 Å². The van der Waals surface area contributed by atoms with E-state index in [-0.39, 0.29) is 5.69 Å². The average Bonchev–Trinajstić information content (AvgIpc) is 2.74. The number of benzene rings is 1. The number of hydrogen-bond acceptors (Lipinski definition) is 4. The first kappa shape index (κ1) is 14.9. The molecule has 1 unspecified atom stereocenters. The molecule has 0 saturated carbocycles. The van der Waals surface area contributed by atoms with Gasteiger partial charge in [-0.05, 0) is 37.9 Å². The number of hydrogen-bond donors (Lipinski definition) is 1. The maximum atomic E-state index is 11.4. The lowest BCUT2D eigenvalue weighted by Crippen LogP contribution is -2.47. The number of nitrogens with zero attached hydrogens (tertiary/aromatic N) is 2. The van der Waals surface area contributed by atoms with Crippen molar-refractivity contribution in [1.82, 2.24) is 4.90 Å². The second-order valence-electron chi connectivity index (χ2n) is 5.14. The highest BCUT2D eigenvalue weighted by atomic mass is 79.9. The molecular formula is C13H15BrN2O4. The maximum Gasteiger partial charge on any atom is 0.323 e. The number of halogens is 1. The summed E-state index contributed by atoms with van der Waals surface area (Å²) in [4.78, 5) is 23.6. The van der Waals surface area contributed by atoms with E-state index in [1.165, 1.54) is 12.1 Å². The highest BCUT2D eigenvalue weighted by Crippen LogP contribution is 2.33. The third kappa shape index (κ3) is 2.69. The Kier molecular flexibility index (Phi) is 4.10. The van der Waals surface area contributed by atoms with E-state index in [9.17, 15) is 20.0 Å².